The summed E-state index contributed by atoms with van der Waals surface area (Å²) in [6.45, 7) is 1.59. The first-order valence-electron chi connectivity index (χ1n) is 9.33. The number of hydrogen-bond donors (Lipinski definition) is 3. The molecule has 0 saturated heterocycles. The van der Waals surface area contributed by atoms with Crippen LogP contribution < -0.4 is 10.6 Å². The molecule has 0 aromatic heterocycles. The zero-order chi connectivity index (χ0) is 19.1. The number of ether oxygens (including phenoxy) is 2. The number of aliphatic hydroxyl groups is 1. The van der Waals surface area contributed by atoms with Gasteiger partial charge in [-0.1, -0.05) is 30.4 Å². The normalized spacial score (nSPS) is 24.0. The predicted molar refractivity (Wildman–Crippen MR) is 99.1 cm³/mol. The topological polar surface area (TPSA) is 96.9 Å². The molecule has 146 valence electrons. The van der Waals surface area contributed by atoms with Crippen LogP contribution in [0.3, 0.4) is 0 Å². The molecule has 1 aromatic carbocycles. The van der Waals surface area contributed by atoms with Crippen LogP contribution in [0.5, 0.6) is 0 Å². The minimum absolute atomic E-state index is 0.142. The SMILES string of the molecule is O=C1N[C@H](C(O)C(=O)NC2CC2)C/C=C\COCCOCc2ccccc21. The molecule has 1 unspecified atom stereocenters. The van der Waals surface area contributed by atoms with Crippen LogP contribution in [0.2, 0.25) is 0 Å². The van der Waals surface area contributed by atoms with Crippen molar-refractivity contribution in [1.29, 1.82) is 0 Å². The number of benzene rings is 1. The van der Waals surface area contributed by atoms with Gasteiger partial charge >= 0.3 is 0 Å². The van der Waals surface area contributed by atoms with E-state index >= 15 is 0 Å². The molecule has 1 aromatic rings. The van der Waals surface area contributed by atoms with Crippen LogP contribution >= 0.6 is 0 Å². The van der Waals surface area contributed by atoms with Gasteiger partial charge in [-0.25, -0.2) is 0 Å². The van der Waals surface area contributed by atoms with E-state index in [0.29, 0.717) is 31.8 Å². The molecule has 7 nitrogen and oxygen atoms in total. The summed E-state index contributed by atoms with van der Waals surface area (Å²) in [4.78, 5) is 25.0. The molecule has 2 amide bonds. The highest BCUT2D eigenvalue weighted by molar-refractivity contribution is 5.96. The average Bonchev–Trinajstić information content (AvgIpc) is 3.48. The molecule has 1 fully saturated rings. The van der Waals surface area contributed by atoms with Gasteiger partial charge in [0.15, 0.2) is 6.10 Å². The third kappa shape index (κ3) is 5.89. The van der Waals surface area contributed by atoms with Crippen LogP contribution in [0, 0.1) is 0 Å². The summed E-state index contributed by atoms with van der Waals surface area (Å²) in [6, 6.07) is 6.56. The van der Waals surface area contributed by atoms with Gasteiger partial charge in [0, 0.05) is 11.6 Å². The van der Waals surface area contributed by atoms with E-state index < -0.39 is 18.1 Å². The molecule has 27 heavy (non-hydrogen) atoms. The van der Waals surface area contributed by atoms with E-state index in [1.54, 1.807) is 18.2 Å². The van der Waals surface area contributed by atoms with Crippen molar-refractivity contribution < 1.29 is 24.2 Å². The van der Waals surface area contributed by atoms with Crippen molar-refractivity contribution in [3.8, 4) is 0 Å². The number of nitrogens with one attached hydrogen (secondary N) is 2. The van der Waals surface area contributed by atoms with Gasteiger partial charge in [-0.15, -0.1) is 0 Å². The Kier molecular flexibility index (Phi) is 6.98. The predicted octanol–water partition coefficient (Wildman–Crippen LogP) is 0.918. The number of hydrogen-bond acceptors (Lipinski definition) is 5. The number of carbonyl (C=O) groups is 2. The lowest BCUT2D eigenvalue weighted by Crippen LogP contribution is -2.51. The maximum absolute atomic E-state index is 12.8. The Balaban J connectivity index is 1.76. The van der Waals surface area contributed by atoms with Crippen LogP contribution in [0.4, 0.5) is 0 Å². The monoisotopic (exact) mass is 374 g/mol. The highest BCUT2D eigenvalue weighted by atomic mass is 16.5. The van der Waals surface area contributed by atoms with Crippen molar-refractivity contribution in [2.45, 2.75) is 44.1 Å². The average molecular weight is 374 g/mol. The Labute approximate surface area is 158 Å². The van der Waals surface area contributed by atoms with Crippen LogP contribution in [-0.4, -0.2) is 54.9 Å². The Morgan fingerprint density at radius 2 is 1.96 bits per heavy atom. The van der Waals surface area contributed by atoms with Crippen molar-refractivity contribution in [2.75, 3.05) is 19.8 Å². The Morgan fingerprint density at radius 3 is 2.78 bits per heavy atom. The molecule has 1 aliphatic carbocycles. The Morgan fingerprint density at radius 1 is 1.19 bits per heavy atom. The number of fused-ring (bicyclic) bond motifs is 1. The fourth-order valence-corrected chi connectivity index (χ4v) is 2.84. The maximum atomic E-state index is 12.8. The Hall–Kier alpha value is -2.22. The summed E-state index contributed by atoms with van der Waals surface area (Å²) in [5.74, 6) is -0.788. The molecule has 7 heteroatoms. The quantitative estimate of drug-likeness (QED) is 0.684. The van der Waals surface area contributed by atoms with Gasteiger partial charge in [-0.3, -0.25) is 9.59 Å². The molecular weight excluding hydrogens is 348 g/mol. The van der Waals surface area contributed by atoms with Crippen LogP contribution in [-0.2, 0) is 20.9 Å². The molecule has 3 rings (SSSR count). The van der Waals surface area contributed by atoms with E-state index in [2.05, 4.69) is 10.6 Å². The van der Waals surface area contributed by atoms with Crippen molar-refractivity contribution in [1.82, 2.24) is 10.6 Å². The van der Waals surface area contributed by atoms with Crippen LogP contribution in [0.1, 0.15) is 35.2 Å². The van der Waals surface area contributed by atoms with E-state index in [9.17, 15) is 14.7 Å². The number of carbonyl (C=O) groups excluding carboxylic acids is 2. The second-order valence-electron chi connectivity index (χ2n) is 6.80. The third-order valence-corrected chi connectivity index (χ3v) is 4.55. The summed E-state index contributed by atoms with van der Waals surface area (Å²) in [7, 11) is 0. The number of rotatable bonds is 3. The smallest absolute Gasteiger partial charge is 0.251 e. The largest absolute Gasteiger partial charge is 0.381 e. The van der Waals surface area contributed by atoms with Crippen LogP contribution in [0.25, 0.3) is 0 Å². The van der Waals surface area contributed by atoms with E-state index in [1.807, 2.05) is 18.2 Å². The zero-order valence-corrected chi connectivity index (χ0v) is 15.2. The molecule has 0 spiro atoms. The van der Waals surface area contributed by atoms with Crippen LogP contribution in [0.15, 0.2) is 36.4 Å². The lowest BCUT2D eigenvalue weighted by Gasteiger charge is -2.23. The molecule has 2 aliphatic rings. The van der Waals surface area contributed by atoms with Gasteiger partial charge in [0.25, 0.3) is 11.8 Å². The summed E-state index contributed by atoms with van der Waals surface area (Å²) in [6.07, 6.45) is 4.48. The molecule has 1 saturated carbocycles. The second kappa shape index (κ2) is 9.64. The van der Waals surface area contributed by atoms with E-state index in [1.165, 1.54) is 0 Å². The maximum Gasteiger partial charge on any atom is 0.251 e. The van der Waals surface area contributed by atoms with Crippen molar-refractivity contribution >= 4 is 11.8 Å². The first-order chi connectivity index (χ1) is 13.1. The van der Waals surface area contributed by atoms with Gasteiger partial charge in [0.2, 0.25) is 0 Å². The summed E-state index contributed by atoms with van der Waals surface area (Å²) < 4.78 is 11.0. The molecule has 0 radical (unpaired) electrons. The molecule has 1 aliphatic heterocycles. The molecular formula is C20H26N2O5. The summed E-state index contributed by atoms with van der Waals surface area (Å²) >= 11 is 0. The second-order valence-corrected chi connectivity index (χ2v) is 6.80. The minimum Gasteiger partial charge on any atom is -0.381 e. The lowest BCUT2D eigenvalue weighted by atomic mass is 10.0. The lowest BCUT2D eigenvalue weighted by molar-refractivity contribution is -0.130. The van der Waals surface area contributed by atoms with Gasteiger partial charge < -0.3 is 25.2 Å². The van der Waals surface area contributed by atoms with Crippen molar-refractivity contribution in [3.05, 3.63) is 47.5 Å². The standard InChI is InChI=1S/C20H26N2O5/c23-18(20(25)21-15-8-9-15)17-7-3-4-10-26-11-12-27-13-14-5-1-2-6-16(14)19(24)22-17/h1-6,15,17-18,23H,7-13H2,(H,21,25)(H,22,24)/b4-3-/t17-,18?/m0/s1. The Bertz CT molecular complexity index is 687. The van der Waals surface area contributed by atoms with E-state index in [4.69, 9.17) is 9.47 Å². The summed E-state index contributed by atoms with van der Waals surface area (Å²) in [5, 5.41) is 16.1. The van der Waals surface area contributed by atoms with Gasteiger partial charge in [0.05, 0.1) is 32.5 Å². The fourth-order valence-electron chi connectivity index (χ4n) is 2.84. The third-order valence-electron chi connectivity index (χ3n) is 4.55. The molecule has 1 heterocycles. The first kappa shape index (κ1) is 19.5. The van der Waals surface area contributed by atoms with E-state index in [0.717, 1.165) is 18.4 Å². The zero-order valence-electron chi connectivity index (χ0n) is 15.2. The van der Waals surface area contributed by atoms with E-state index in [-0.39, 0.29) is 18.6 Å². The van der Waals surface area contributed by atoms with Gasteiger partial charge in [-0.05, 0) is 30.9 Å². The summed E-state index contributed by atoms with van der Waals surface area (Å²) in [5.41, 5.74) is 1.22. The highest BCUT2D eigenvalue weighted by Gasteiger charge is 2.31. The van der Waals surface area contributed by atoms with Crippen molar-refractivity contribution in [2.24, 2.45) is 0 Å². The molecule has 3 N–H and O–H groups in total. The molecule has 2 atom stereocenters. The fraction of sp³-hybridized carbons (Fsp3) is 0.500. The number of aliphatic hydroxyl groups excluding tert-OH is 1. The van der Waals surface area contributed by atoms with Gasteiger partial charge in [-0.2, -0.15) is 0 Å². The minimum atomic E-state index is -1.32. The highest BCUT2D eigenvalue weighted by Crippen LogP contribution is 2.19. The molecule has 0 bridgehead atoms. The van der Waals surface area contributed by atoms with Gasteiger partial charge in [0.1, 0.15) is 0 Å². The number of amides is 2. The first-order valence-corrected chi connectivity index (χ1v) is 9.33. The van der Waals surface area contributed by atoms with Crippen molar-refractivity contribution in [3.63, 3.8) is 0 Å².